The van der Waals surface area contributed by atoms with Gasteiger partial charge in [-0.1, -0.05) is 31.4 Å². The highest BCUT2D eigenvalue weighted by molar-refractivity contribution is 5.55. The molecule has 20 heavy (non-hydrogen) atoms. The average molecular weight is 272 g/mol. The summed E-state index contributed by atoms with van der Waals surface area (Å²) >= 11 is 0. The lowest BCUT2D eigenvalue weighted by Crippen LogP contribution is -2.42. The summed E-state index contributed by atoms with van der Waals surface area (Å²) in [6.07, 6.45) is 8.23. The molecule has 1 saturated carbocycles. The van der Waals surface area contributed by atoms with Crippen LogP contribution in [0.4, 0.5) is 5.69 Å². The van der Waals surface area contributed by atoms with Crippen LogP contribution in [0.25, 0.3) is 0 Å². The van der Waals surface area contributed by atoms with Gasteiger partial charge in [-0.3, -0.25) is 0 Å². The molecule has 110 valence electrons. The summed E-state index contributed by atoms with van der Waals surface area (Å²) in [5.41, 5.74) is 9.91. The van der Waals surface area contributed by atoms with E-state index in [1.54, 1.807) is 0 Å². The number of nitrogens with two attached hydrogens (primary N) is 1. The minimum Gasteiger partial charge on any atom is -0.371 e. The first-order valence-electron chi connectivity index (χ1n) is 8.32. The highest BCUT2D eigenvalue weighted by Gasteiger charge is 2.31. The van der Waals surface area contributed by atoms with Crippen molar-refractivity contribution in [2.45, 2.75) is 45.4 Å². The number of piperidine rings is 1. The fourth-order valence-electron chi connectivity index (χ4n) is 4.21. The van der Waals surface area contributed by atoms with Gasteiger partial charge in [0.1, 0.15) is 0 Å². The molecule has 3 rings (SSSR count). The summed E-state index contributed by atoms with van der Waals surface area (Å²) < 4.78 is 0. The number of fused-ring (bicyclic) bond motifs is 1. The number of rotatable bonds is 3. The standard InChI is InChI=1S/C18H28N2/c1-14-12-15(8-10-19)6-7-18(14)20-11-9-16-4-2-3-5-17(16)13-20/h6-7,12,16-17H,2-5,8-11,13,19H2,1H3. The predicted molar refractivity (Wildman–Crippen MR) is 86.2 cm³/mol. The van der Waals surface area contributed by atoms with Gasteiger partial charge in [0, 0.05) is 18.8 Å². The van der Waals surface area contributed by atoms with E-state index in [1.165, 1.54) is 62.0 Å². The number of benzene rings is 1. The lowest BCUT2D eigenvalue weighted by Gasteiger charge is -2.42. The Morgan fingerprint density at radius 1 is 1.15 bits per heavy atom. The Labute approximate surface area is 123 Å². The molecule has 0 bridgehead atoms. The van der Waals surface area contributed by atoms with Gasteiger partial charge in [-0.15, -0.1) is 0 Å². The second-order valence-electron chi connectivity index (χ2n) is 6.70. The third-order valence-electron chi connectivity index (χ3n) is 5.33. The second kappa shape index (κ2) is 6.17. The smallest absolute Gasteiger partial charge is 0.0396 e. The number of hydrogen-bond donors (Lipinski definition) is 1. The number of nitrogens with zero attached hydrogens (tertiary/aromatic N) is 1. The van der Waals surface area contributed by atoms with E-state index in [2.05, 4.69) is 30.0 Å². The van der Waals surface area contributed by atoms with Gasteiger partial charge in [0.25, 0.3) is 0 Å². The number of hydrogen-bond acceptors (Lipinski definition) is 2. The van der Waals surface area contributed by atoms with Gasteiger partial charge >= 0.3 is 0 Å². The van der Waals surface area contributed by atoms with Crippen LogP contribution in [0.2, 0.25) is 0 Å². The third kappa shape index (κ3) is 2.85. The van der Waals surface area contributed by atoms with E-state index in [0.717, 1.165) is 24.8 Å². The normalized spacial score (nSPS) is 26.4. The molecule has 0 aromatic heterocycles. The van der Waals surface area contributed by atoms with E-state index >= 15 is 0 Å². The molecule has 2 unspecified atom stereocenters. The van der Waals surface area contributed by atoms with Crippen LogP contribution >= 0.6 is 0 Å². The molecule has 2 heteroatoms. The van der Waals surface area contributed by atoms with Crippen molar-refractivity contribution >= 4 is 5.69 Å². The van der Waals surface area contributed by atoms with Gasteiger partial charge in [0.2, 0.25) is 0 Å². The van der Waals surface area contributed by atoms with E-state index in [4.69, 9.17) is 5.73 Å². The fraction of sp³-hybridized carbons (Fsp3) is 0.667. The van der Waals surface area contributed by atoms with Gasteiger partial charge in [-0.25, -0.2) is 0 Å². The first-order chi connectivity index (χ1) is 9.78. The average Bonchev–Trinajstić information content (AvgIpc) is 2.47. The molecule has 1 aliphatic carbocycles. The van der Waals surface area contributed by atoms with Crippen LogP contribution in [-0.2, 0) is 6.42 Å². The molecule has 2 N–H and O–H groups in total. The molecule has 0 radical (unpaired) electrons. The largest absolute Gasteiger partial charge is 0.371 e. The Hall–Kier alpha value is -1.02. The van der Waals surface area contributed by atoms with Crippen LogP contribution in [0.15, 0.2) is 18.2 Å². The maximum absolute atomic E-state index is 5.65. The van der Waals surface area contributed by atoms with E-state index < -0.39 is 0 Å². The molecule has 2 fully saturated rings. The summed E-state index contributed by atoms with van der Waals surface area (Å²) in [7, 11) is 0. The fourth-order valence-corrected chi connectivity index (χ4v) is 4.21. The number of aryl methyl sites for hydroxylation is 1. The molecule has 0 amide bonds. The SMILES string of the molecule is Cc1cc(CCN)ccc1N1CCC2CCCCC2C1. The summed E-state index contributed by atoms with van der Waals surface area (Å²) in [5.74, 6) is 1.96. The molecule has 2 atom stereocenters. The van der Waals surface area contributed by atoms with Crippen molar-refractivity contribution in [1.29, 1.82) is 0 Å². The van der Waals surface area contributed by atoms with Crippen LogP contribution in [0.3, 0.4) is 0 Å². The quantitative estimate of drug-likeness (QED) is 0.912. The molecule has 0 spiro atoms. The maximum Gasteiger partial charge on any atom is 0.0396 e. The number of anilines is 1. The first-order valence-corrected chi connectivity index (χ1v) is 8.32. The summed E-state index contributed by atoms with van der Waals surface area (Å²) in [6.45, 7) is 5.52. The summed E-state index contributed by atoms with van der Waals surface area (Å²) in [5, 5.41) is 0. The molecule has 1 heterocycles. The zero-order valence-corrected chi connectivity index (χ0v) is 12.8. The Morgan fingerprint density at radius 3 is 2.70 bits per heavy atom. The van der Waals surface area contributed by atoms with Crippen molar-refractivity contribution in [3.8, 4) is 0 Å². The third-order valence-corrected chi connectivity index (χ3v) is 5.33. The second-order valence-corrected chi connectivity index (χ2v) is 6.70. The Morgan fingerprint density at radius 2 is 1.95 bits per heavy atom. The Bertz CT molecular complexity index is 455. The van der Waals surface area contributed by atoms with Gasteiger partial charge < -0.3 is 10.6 Å². The van der Waals surface area contributed by atoms with Crippen molar-refractivity contribution in [2.75, 3.05) is 24.5 Å². The monoisotopic (exact) mass is 272 g/mol. The summed E-state index contributed by atoms with van der Waals surface area (Å²) in [6, 6.07) is 6.92. The van der Waals surface area contributed by atoms with Crippen LogP contribution in [0.5, 0.6) is 0 Å². The van der Waals surface area contributed by atoms with Crippen LogP contribution in [-0.4, -0.2) is 19.6 Å². The van der Waals surface area contributed by atoms with Crippen molar-refractivity contribution in [3.63, 3.8) is 0 Å². The van der Waals surface area contributed by atoms with Crippen LogP contribution in [0, 0.1) is 18.8 Å². The first kappa shape index (κ1) is 13.9. The zero-order chi connectivity index (χ0) is 13.9. The summed E-state index contributed by atoms with van der Waals surface area (Å²) in [4.78, 5) is 2.63. The molecule has 1 aromatic carbocycles. The van der Waals surface area contributed by atoms with Gasteiger partial charge in [-0.05, 0) is 61.8 Å². The lowest BCUT2D eigenvalue weighted by atomic mass is 9.75. The van der Waals surface area contributed by atoms with Gasteiger partial charge in [0.05, 0.1) is 0 Å². The molecule has 1 aliphatic heterocycles. The van der Waals surface area contributed by atoms with Crippen molar-refractivity contribution in [1.82, 2.24) is 0 Å². The molecule has 2 nitrogen and oxygen atoms in total. The predicted octanol–water partition coefficient (Wildman–Crippen LogP) is 3.51. The van der Waals surface area contributed by atoms with E-state index in [1.807, 2.05) is 0 Å². The molecule has 2 aliphatic rings. The molecular weight excluding hydrogens is 244 g/mol. The van der Waals surface area contributed by atoms with E-state index in [0.29, 0.717) is 0 Å². The van der Waals surface area contributed by atoms with Gasteiger partial charge in [0.15, 0.2) is 0 Å². The van der Waals surface area contributed by atoms with Crippen molar-refractivity contribution in [2.24, 2.45) is 17.6 Å². The van der Waals surface area contributed by atoms with Crippen LogP contribution in [0.1, 0.15) is 43.2 Å². The van der Waals surface area contributed by atoms with Gasteiger partial charge in [-0.2, -0.15) is 0 Å². The van der Waals surface area contributed by atoms with E-state index in [-0.39, 0.29) is 0 Å². The van der Waals surface area contributed by atoms with Crippen molar-refractivity contribution < 1.29 is 0 Å². The molecule has 1 saturated heterocycles. The lowest BCUT2D eigenvalue weighted by molar-refractivity contribution is 0.202. The Kier molecular flexibility index (Phi) is 4.30. The van der Waals surface area contributed by atoms with Crippen LogP contribution < -0.4 is 10.6 Å². The molecule has 1 aromatic rings. The Balaban J connectivity index is 1.72. The topological polar surface area (TPSA) is 29.3 Å². The van der Waals surface area contributed by atoms with Crippen molar-refractivity contribution in [3.05, 3.63) is 29.3 Å². The minimum absolute atomic E-state index is 0.742. The van der Waals surface area contributed by atoms with E-state index in [9.17, 15) is 0 Å². The highest BCUT2D eigenvalue weighted by atomic mass is 15.1. The zero-order valence-electron chi connectivity index (χ0n) is 12.8. The minimum atomic E-state index is 0.742. The highest BCUT2D eigenvalue weighted by Crippen LogP contribution is 2.38. The maximum atomic E-state index is 5.65. The molecular formula is C18H28N2.